The SMILES string of the molecule is Clc1cccc(CCNc2ncnc3cc(Cl)ccc23)c1. The zero-order valence-corrected chi connectivity index (χ0v) is 12.7. The molecule has 5 heteroatoms. The first-order valence-corrected chi connectivity index (χ1v) is 7.36. The molecule has 0 saturated heterocycles. The number of hydrogen-bond acceptors (Lipinski definition) is 3. The number of halogens is 2. The van der Waals surface area contributed by atoms with Crippen LogP contribution in [0, 0.1) is 0 Å². The van der Waals surface area contributed by atoms with E-state index in [1.54, 1.807) is 6.33 Å². The van der Waals surface area contributed by atoms with Gasteiger partial charge in [-0.1, -0.05) is 35.3 Å². The summed E-state index contributed by atoms with van der Waals surface area (Å²) in [5, 5.41) is 5.73. The van der Waals surface area contributed by atoms with E-state index >= 15 is 0 Å². The van der Waals surface area contributed by atoms with Crippen LogP contribution in [0.1, 0.15) is 5.56 Å². The summed E-state index contributed by atoms with van der Waals surface area (Å²) in [4.78, 5) is 8.52. The lowest BCUT2D eigenvalue weighted by atomic mass is 10.1. The Morgan fingerprint density at radius 3 is 2.67 bits per heavy atom. The number of fused-ring (bicyclic) bond motifs is 1. The van der Waals surface area contributed by atoms with E-state index < -0.39 is 0 Å². The van der Waals surface area contributed by atoms with E-state index in [-0.39, 0.29) is 0 Å². The normalized spacial score (nSPS) is 10.8. The van der Waals surface area contributed by atoms with Crippen LogP contribution in [0.2, 0.25) is 10.0 Å². The van der Waals surface area contributed by atoms with Gasteiger partial charge in [-0.15, -0.1) is 0 Å². The van der Waals surface area contributed by atoms with Gasteiger partial charge < -0.3 is 5.32 Å². The molecule has 0 aliphatic carbocycles. The lowest BCUT2D eigenvalue weighted by molar-refractivity contribution is 1.01. The summed E-state index contributed by atoms with van der Waals surface area (Å²) in [6, 6.07) is 13.5. The Morgan fingerprint density at radius 2 is 1.81 bits per heavy atom. The molecule has 1 N–H and O–H groups in total. The second-order valence-electron chi connectivity index (χ2n) is 4.69. The van der Waals surface area contributed by atoms with Crippen molar-refractivity contribution in [2.75, 3.05) is 11.9 Å². The quantitative estimate of drug-likeness (QED) is 0.764. The van der Waals surface area contributed by atoms with Crippen molar-refractivity contribution in [1.82, 2.24) is 9.97 Å². The first-order valence-electron chi connectivity index (χ1n) is 6.61. The van der Waals surface area contributed by atoms with Gasteiger partial charge in [0.05, 0.1) is 5.52 Å². The van der Waals surface area contributed by atoms with Gasteiger partial charge in [0.25, 0.3) is 0 Å². The Labute approximate surface area is 132 Å². The minimum Gasteiger partial charge on any atom is -0.369 e. The molecule has 0 aliphatic heterocycles. The second kappa shape index (κ2) is 6.29. The number of nitrogens with one attached hydrogen (secondary N) is 1. The highest BCUT2D eigenvalue weighted by Gasteiger charge is 2.04. The van der Waals surface area contributed by atoms with E-state index in [9.17, 15) is 0 Å². The van der Waals surface area contributed by atoms with Crippen molar-refractivity contribution >= 4 is 39.9 Å². The highest BCUT2D eigenvalue weighted by molar-refractivity contribution is 6.31. The fraction of sp³-hybridized carbons (Fsp3) is 0.125. The fourth-order valence-electron chi connectivity index (χ4n) is 2.19. The summed E-state index contributed by atoms with van der Waals surface area (Å²) in [7, 11) is 0. The molecule has 0 amide bonds. The van der Waals surface area contributed by atoms with Gasteiger partial charge in [0.1, 0.15) is 12.1 Å². The summed E-state index contributed by atoms with van der Waals surface area (Å²) >= 11 is 12.0. The lowest BCUT2D eigenvalue weighted by Crippen LogP contribution is -2.07. The zero-order valence-electron chi connectivity index (χ0n) is 11.2. The number of benzene rings is 2. The third-order valence-corrected chi connectivity index (χ3v) is 3.66. The summed E-state index contributed by atoms with van der Waals surface area (Å²) in [6.45, 7) is 0.773. The van der Waals surface area contributed by atoms with Crippen molar-refractivity contribution in [3.63, 3.8) is 0 Å². The van der Waals surface area contributed by atoms with Crippen molar-refractivity contribution in [1.29, 1.82) is 0 Å². The molecule has 0 saturated carbocycles. The predicted octanol–water partition coefficient (Wildman–Crippen LogP) is 4.59. The van der Waals surface area contributed by atoms with Crippen molar-refractivity contribution in [2.24, 2.45) is 0 Å². The molecular weight excluding hydrogens is 305 g/mol. The van der Waals surface area contributed by atoms with Crippen molar-refractivity contribution in [3.8, 4) is 0 Å². The molecule has 3 nitrogen and oxygen atoms in total. The molecular formula is C16H13Cl2N3. The Balaban J connectivity index is 1.73. The van der Waals surface area contributed by atoms with E-state index in [4.69, 9.17) is 23.2 Å². The average molecular weight is 318 g/mol. The summed E-state index contributed by atoms with van der Waals surface area (Å²) in [6.07, 6.45) is 2.42. The summed E-state index contributed by atoms with van der Waals surface area (Å²) < 4.78 is 0. The van der Waals surface area contributed by atoms with Gasteiger partial charge in [0, 0.05) is 22.0 Å². The summed E-state index contributed by atoms with van der Waals surface area (Å²) in [5.41, 5.74) is 2.03. The smallest absolute Gasteiger partial charge is 0.137 e. The molecule has 0 fully saturated rings. The van der Waals surface area contributed by atoms with Crippen LogP contribution in [0.25, 0.3) is 10.9 Å². The van der Waals surface area contributed by atoms with Gasteiger partial charge in [-0.3, -0.25) is 0 Å². The van der Waals surface area contributed by atoms with E-state index in [1.165, 1.54) is 5.56 Å². The zero-order chi connectivity index (χ0) is 14.7. The maximum Gasteiger partial charge on any atom is 0.137 e. The number of nitrogens with zero attached hydrogens (tertiary/aromatic N) is 2. The molecule has 0 atom stereocenters. The van der Waals surface area contributed by atoms with Crippen LogP contribution < -0.4 is 5.32 Å². The van der Waals surface area contributed by atoms with Gasteiger partial charge >= 0.3 is 0 Å². The third kappa shape index (κ3) is 3.43. The second-order valence-corrected chi connectivity index (χ2v) is 5.56. The first-order chi connectivity index (χ1) is 10.2. The molecule has 3 rings (SSSR count). The van der Waals surface area contributed by atoms with E-state index in [1.807, 2.05) is 36.4 Å². The van der Waals surface area contributed by atoms with Gasteiger partial charge in [-0.25, -0.2) is 9.97 Å². The highest BCUT2D eigenvalue weighted by Crippen LogP contribution is 2.22. The standard InChI is InChI=1S/C16H13Cl2N3/c17-12-3-1-2-11(8-12)6-7-19-16-14-5-4-13(18)9-15(14)20-10-21-16/h1-5,8-10H,6-7H2,(H,19,20,21). The van der Waals surface area contributed by atoms with Crippen LogP contribution >= 0.6 is 23.2 Å². The van der Waals surface area contributed by atoms with Crippen LogP contribution in [0.5, 0.6) is 0 Å². The van der Waals surface area contributed by atoms with Crippen LogP contribution in [0.15, 0.2) is 48.8 Å². The van der Waals surface area contributed by atoms with Crippen LogP contribution in [0.4, 0.5) is 5.82 Å². The Morgan fingerprint density at radius 1 is 0.952 bits per heavy atom. The molecule has 21 heavy (non-hydrogen) atoms. The van der Waals surface area contributed by atoms with E-state index in [0.29, 0.717) is 5.02 Å². The van der Waals surface area contributed by atoms with E-state index in [2.05, 4.69) is 21.4 Å². The molecule has 1 aromatic heterocycles. The summed E-state index contributed by atoms with van der Waals surface area (Å²) in [5.74, 6) is 0.818. The topological polar surface area (TPSA) is 37.8 Å². The number of hydrogen-bond donors (Lipinski definition) is 1. The van der Waals surface area contributed by atoms with Crippen LogP contribution in [-0.2, 0) is 6.42 Å². The highest BCUT2D eigenvalue weighted by atomic mass is 35.5. The van der Waals surface area contributed by atoms with Gasteiger partial charge in [0.2, 0.25) is 0 Å². The van der Waals surface area contributed by atoms with Crippen LogP contribution in [0.3, 0.4) is 0 Å². The molecule has 0 radical (unpaired) electrons. The minimum absolute atomic E-state index is 0.672. The Hall–Kier alpha value is -1.84. The number of rotatable bonds is 4. The monoisotopic (exact) mass is 317 g/mol. The molecule has 106 valence electrons. The maximum atomic E-state index is 5.98. The van der Waals surface area contributed by atoms with Gasteiger partial charge in [-0.2, -0.15) is 0 Å². The molecule has 0 spiro atoms. The largest absolute Gasteiger partial charge is 0.369 e. The van der Waals surface area contributed by atoms with Crippen LogP contribution in [-0.4, -0.2) is 16.5 Å². The van der Waals surface area contributed by atoms with Crippen molar-refractivity contribution in [3.05, 3.63) is 64.4 Å². The van der Waals surface area contributed by atoms with E-state index in [0.717, 1.165) is 34.7 Å². The molecule has 0 aliphatic rings. The maximum absolute atomic E-state index is 5.98. The average Bonchev–Trinajstić information content (AvgIpc) is 2.47. The molecule has 1 heterocycles. The van der Waals surface area contributed by atoms with Gasteiger partial charge in [-0.05, 0) is 42.3 Å². The molecule has 2 aromatic carbocycles. The molecule has 0 bridgehead atoms. The predicted molar refractivity (Wildman–Crippen MR) is 88.2 cm³/mol. The number of anilines is 1. The number of aromatic nitrogens is 2. The van der Waals surface area contributed by atoms with Crippen molar-refractivity contribution < 1.29 is 0 Å². The lowest BCUT2D eigenvalue weighted by Gasteiger charge is -2.08. The van der Waals surface area contributed by atoms with Crippen molar-refractivity contribution in [2.45, 2.75) is 6.42 Å². The third-order valence-electron chi connectivity index (χ3n) is 3.19. The first kappa shape index (κ1) is 14.1. The minimum atomic E-state index is 0.672. The van der Waals surface area contributed by atoms with Gasteiger partial charge in [0.15, 0.2) is 0 Å². The Kier molecular flexibility index (Phi) is 4.23. The Bertz CT molecular complexity index is 774. The molecule has 0 unspecified atom stereocenters. The fourth-order valence-corrected chi connectivity index (χ4v) is 2.57. The molecule has 3 aromatic rings.